The zero-order valence-electron chi connectivity index (χ0n) is 12.7. The smallest absolute Gasteiger partial charge is 0.0198 e. The maximum absolute atomic E-state index is 3.91. The van der Waals surface area contributed by atoms with Crippen molar-refractivity contribution in [3.8, 4) is 0 Å². The minimum atomic E-state index is 0.327. The second-order valence-electron chi connectivity index (χ2n) is 7.20. The Bertz CT molecular complexity index is 251. The van der Waals surface area contributed by atoms with Crippen molar-refractivity contribution >= 4 is 0 Å². The highest BCUT2D eigenvalue weighted by Gasteiger charge is 2.29. The lowest BCUT2D eigenvalue weighted by atomic mass is 9.96. The van der Waals surface area contributed by atoms with E-state index in [1.54, 1.807) is 0 Å². The molecule has 2 fully saturated rings. The molecule has 0 amide bonds. The van der Waals surface area contributed by atoms with Crippen LogP contribution in [0.25, 0.3) is 0 Å². The van der Waals surface area contributed by atoms with Gasteiger partial charge < -0.3 is 10.2 Å². The van der Waals surface area contributed by atoms with Gasteiger partial charge in [-0.2, -0.15) is 0 Å². The predicted molar refractivity (Wildman–Crippen MR) is 78.0 cm³/mol. The number of piperidine rings is 2. The number of likely N-dealkylation sites (tertiary alicyclic amines) is 2. The van der Waals surface area contributed by atoms with E-state index in [1.165, 1.54) is 51.9 Å². The summed E-state index contributed by atoms with van der Waals surface area (Å²) in [6.45, 7) is 12.0. The molecule has 2 heterocycles. The van der Waals surface area contributed by atoms with Crippen LogP contribution in [0.2, 0.25) is 0 Å². The number of nitrogens with zero attached hydrogens (tertiary/aromatic N) is 2. The average Bonchev–Trinajstić information content (AvgIpc) is 2.31. The predicted octanol–water partition coefficient (Wildman–Crippen LogP) is 1.93. The first kappa shape index (κ1) is 14.3. The molecule has 0 spiro atoms. The molecule has 1 atom stereocenters. The highest BCUT2D eigenvalue weighted by molar-refractivity contribution is 4.88. The fraction of sp³-hybridized carbons (Fsp3) is 1.00. The Kier molecular flexibility index (Phi) is 4.68. The molecule has 2 aliphatic heterocycles. The Morgan fingerprint density at radius 3 is 2.22 bits per heavy atom. The van der Waals surface area contributed by atoms with E-state index in [0.29, 0.717) is 11.6 Å². The lowest BCUT2D eigenvalue weighted by Gasteiger charge is -2.43. The van der Waals surface area contributed by atoms with E-state index in [0.717, 1.165) is 6.04 Å². The quantitative estimate of drug-likeness (QED) is 0.811. The van der Waals surface area contributed by atoms with Crippen LogP contribution in [0.1, 0.15) is 46.5 Å². The van der Waals surface area contributed by atoms with Crippen LogP contribution in [0.5, 0.6) is 0 Å². The molecule has 3 heteroatoms. The molecule has 1 N–H and O–H groups in total. The van der Waals surface area contributed by atoms with E-state index >= 15 is 0 Å². The normalized spacial score (nSPS) is 29.7. The fourth-order valence-electron chi connectivity index (χ4n) is 3.23. The standard InChI is InChI=1S/C15H31N3/c1-15(2,3)18-9-5-6-14(12-18)16-13-7-10-17(4)11-8-13/h13-14,16H,5-12H2,1-4H3. The molecular weight excluding hydrogens is 222 g/mol. The number of nitrogens with one attached hydrogen (secondary N) is 1. The van der Waals surface area contributed by atoms with Crippen LogP contribution < -0.4 is 5.32 Å². The summed E-state index contributed by atoms with van der Waals surface area (Å²) in [5.41, 5.74) is 0.327. The van der Waals surface area contributed by atoms with Crippen molar-refractivity contribution in [1.29, 1.82) is 0 Å². The van der Waals surface area contributed by atoms with Gasteiger partial charge in [-0.1, -0.05) is 0 Å². The van der Waals surface area contributed by atoms with Crippen LogP contribution >= 0.6 is 0 Å². The first-order valence-electron chi connectivity index (χ1n) is 7.65. The van der Waals surface area contributed by atoms with Gasteiger partial charge in [0.2, 0.25) is 0 Å². The molecule has 0 aromatic rings. The maximum atomic E-state index is 3.91. The fourth-order valence-corrected chi connectivity index (χ4v) is 3.23. The Morgan fingerprint density at radius 2 is 1.61 bits per heavy atom. The SMILES string of the molecule is CN1CCC(NC2CCCN(C(C)(C)C)C2)CC1. The van der Waals surface area contributed by atoms with E-state index in [1.807, 2.05) is 0 Å². The Hall–Kier alpha value is -0.120. The monoisotopic (exact) mass is 253 g/mol. The van der Waals surface area contributed by atoms with Crippen LogP contribution in [0.3, 0.4) is 0 Å². The number of hydrogen-bond acceptors (Lipinski definition) is 3. The Balaban J connectivity index is 1.79. The first-order valence-corrected chi connectivity index (χ1v) is 7.65. The highest BCUT2D eigenvalue weighted by atomic mass is 15.2. The van der Waals surface area contributed by atoms with Gasteiger partial charge in [0.25, 0.3) is 0 Å². The maximum Gasteiger partial charge on any atom is 0.0198 e. The second-order valence-corrected chi connectivity index (χ2v) is 7.20. The Labute approximate surface area is 113 Å². The van der Waals surface area contributed by atoms with Gasteiger partial charge in [0.1, 0.15) is 0 Å². The van der Waals surface area contributed by atoms with E-state index in [2.05, 4.69) is 42.9 Å². The van der Waals surface area contributed by atoms with E-state index < -0.39 is 0 Å². The summed E-state index contributed by atoms with van der Waals surface area (Å²) in [6, 6.07) is 1.47. The van der Waals surface area contributed by atoms with Gasteiger partial charge in [-0.05, 0) is 73.1 Å². The van der Waals surface area contributed by atoms with Crippen LogP contribution in [0.15, 0.2) is 0 Å². The van der Waals surface area contributed by atoms with Crippen molar-refractivity contribution < 1.29 is 0 Å². The molecule has 0 aromatic carbocycles. The van der Waals surface area contributed by atoms with Gasteiger partial charge in [-0.25, -0.2) is 0 Å². The van der Waals surface area contributed by atoms with Gasteiger partial charge in [0, 0.05) is 24.2 Å². The van der Waals surface area contributed by atoms with E-state index in [9.17, 15) is 0 Å². The van der Waals surface area contributed by atoms with Crippen LogP contribution in [0.4, 0.5) is 0 Å². The third-order valence-corrected chi connectivity index (χ3v) is 4.56. The molecule has 2 aliphatic rings. The molecule has 0 bridgehead atoms. The minimum absolute atomic E-state index is 0.327. The molecule has 106 valence electrons. The van der Waals surface area contributed by atoms with Crippen LogP contribution in [0, 0.1) is 0 Å². The average molecular weight is 253 g/mol. The van der Waals surface area contributed by atoms with Crippen molar-refractivity contribution in [2.45, 2.75) is 64.1 Å². The van der Waals surface area contributed by atoms with Crippen LogP contribution in [-0.4, -0.2) is 60.6 Å². The largest absolute Gasteiger partial charge is 0.310 e. The van der Waals surface area contributed by atoms with Crippen LogP contribution in [-0.2, 0) is 0 Å². The number of rotatable bonds is 2. The molecular formula is C15H31N3. The molecule has 2 rings (SSSR count). The van der Waals surface area contributed by atoms with Gasteiger partial charge >= 0.3 is 0 Å². The third kappa shape index (κ3) is 3.94. The van der Waals surface area contributed by atoms with Crippen molar-refractivity contribution in [2.75, 3.05) is 33.2 Å². The summed E-state index contributed by atoms with van der Waals surface area (Å²) in [5.74, 6) is 0. The van der Waals surface area contributed by atoms with Crippen molar-refractivity contribution in [2.24, 2.45) is 0 Å². The lowest BCUT2D eigenvalue weighted by molar-refractivity contribution is 0.0833. The zero-order chi connectivity index (χ0) is 13.2. The molecule has 3 nitrogen and oxygen atoms in total. The first-order chi connectivity index (χ1) is 8.45. The minimum Gasteiger partial charge on any atom is -0.310 e. The summed E-state index contributed by atoms with van der Waals surface area (Å²) in [7, 11) is 2.23. The molecule has 1 unspecified atom stereocenters. The zero-order valence-corrected chi connectivity index (χ0v) is 12.7. The summed E-state index contributed by atoms with van der Waals surface area (Å²) in [4.78, 5) is 5.09. The molecule has 18 heavy (non-hydrogen) atoms. The highest BCUT2D eigenvalue weighted by Crippen LogP contribution is 2.21. The van der Waals surface area contributed by atoms with Gasteiger partial charge in [-0.3, -0.25) is 4.90 Å². The van der Waals surface area contributed by atoms with Crippen molar-refractivity contribution in [1.82, 2.24) is 15.1 Å². The van der Waals surface area contributed by atoms with Gasteiger partial charge in [0.15, 0.2) is 0 Å². The van der Waals surface area contributed by atoms with Gasteiger partial charge in [-0.15, -0.1) is 0 Å². The third-order valence-electron chi connectivity index (χ3n) is 4.56. The van der Waals surface area contributed by atoms with E-state index in [-0.39, 0.29) is 0 Å². The summed E-state index contributed by atoms with van der Waals surface area (Å²) < 4.78 is 0. The van der Waals surface area contributed by atoms with Gasteiger partial charge in [0.05, 0.1) is 0 Å². The van der Waals surface area contributed by atoms with E-state index in [4.69, 9.17) is 0 Å². The second kappa shape index (κ2) is 5.89. The van der Waals surface area contributed by atoms with Crippen molar-refractivity contribution in [3.63, 3.8) is 0 Å². The summed E-state index contributed by atoms with van der Waals surface area (Å²) in [5, 5.41) is 3.91. The van der Waals surface area contributed by atoms with Crippen molar-refractivity contribution in [3.05, 3.63) is 0 Å². The molecule has 0 saturated carbocycles. The lowest BCUT2D eigenvalue weighted by Crippen LogP contribution is -2.55. The molecule has 0 aromatic heterocycles. The number of hydrogen-bond donors (Lipinski definition) is 1. The molecule has 0 radical (unpaired) electrons. The summed E-state index contributed by atoms with van der Waals surface area (Å²) >= 11 is 0. The topological polar surface area (TPSA) is 18.5 Å². The molecule has 0 aliphatic carbocycles. The summed E-state index contributed by atoms with van der Waals surface area (Å²) in [6.07, 6.45) is 5.35. The molecule has 2 saturated heterocycles. The Morgan fingerprint density at radius 1 is 0.944 bits per heavy atom.